The zero-order valence-corrected chi connectivity index (χ0v) is 35.7. The number of nitrogens with one attached hydrogen (secondary N) is 1. The van der Waals surface area contributed by atoms with Crippen LogP contribution in [0.25, 0.3) is 11.3 Å². The Kier molecular flexibility index (Phi) is 12.4. The zero-order valence-electron chi connectivity index (χ0n) is 33.9. The zero-order chi connectivity index (χ0) is 40.4. The van der Waals surface area contributed by atoms with Gasteiger partial charge < -0.3 is 28.9 Å². The van der Waals surface area contributed by atoms with E-state index >= 15 is 0 Å². The van der Waals surface area contributed by atoms with Crippen LogP contribution in [0.2, 0.25) is 23.2 Å². The van der Waals surface area contributed by atoms with Crippen molar-refractivity contribution in [2.24, 2.45) is 0 Å². The predicted octanol–water partition coefficient (Wildman–Crippen LogP) is 9.69. The van der Waals surface area contributed by atoms with Gasteiger partial charge in [-0.05, 0) is 102 Å². The van der Waals surface area contributed by atoms with Crippen molar-refractivity contribution in [1.29, 1.82) is 5.26 Å². The Labute approximate surface area is 326 Å². The Balaban J connectivity index is 1.67. The summed E-state index contributed by atoms with van der Waals surface area (Å²) in [6.45, 7) is 25.0. The average Bonchev–Trinajstić information content (AvgIpc) is 3.35. The number of likely N-dealkylation sites (N-methyl/N-ethyl adjacent to an activating group) is 1. The van der Waals surface area contributed by atoms with Crippen molar-refractivity contribution in [3.8, 4) is 23.1 Å². The highest BCUT2D eigenvalue weighted by atomic mass is 35.5. The average molecular weight is 779 g/mol. The van der Waals surface area contributed by atoms with Crippen LogP contribution in [0.5, 0.6) is 5.75 Å². The predicted molar refractivity (Wildman–Crippen MR) is 215 cm³/mol. The Morgan fingerprint density at radius 2 is 1.70 bits per heavy atom. The van der Waals surface area contributed by atoms with Gasteiger partial charge in [-0.2, -0.15) is 5.26 Å². The van der Waals surface area contributed by atoms with E-state index in [9.17, 15) is 14.9 Å². The van der Waals surface area contributed by atoms with Gasteiger partial charge in [0.2, 0.25) is 5.95 Å². The lowest BCUT2D eigenvalue weighted by molar-refractivity contribution is 0.0278. The Morgan fingerprint density at radius 3 is 2.31 bits per heavy atom. The van der Waals surface area contributed by atoms with Gasteiger partial charge in [0.05, 0.1) is 29.2 Å². The van der Waals surface area contributed by atoms with Crippen molar-refractivity contribution in [2.45, 2.75) is 104 Å². The number of carbonyl (C=O) groups excluding carboxylic acids is 2. The maximum absolute atomic E-state index is 13.6. The molecular weight excluding hydrogens is 724 g/mol. The molecule has 54 heavy (non-hydrogen) atoms. The highest BCUT2D eigenvalue weighted by Gasteiger charge is 2.47. The van der Waals surface area contributed by atoms with Crippen LogP contribution < -0.4 is 15.0 Å². The number of hydrogen-bond donors (Lipinski definition) is 1. The van der Waals surface area contributed by atoms with E-state index in [0.717, 1.165) is 5.56 Å². The Hall–Kier alpha value is -4.38. The molecular formula is C40H55ClN6O6Si. The van der Waals surface area contributed by atoms with Crippen LogP contribution in [0, 0.1) is 11.3 Å². The molecule has 2 heterocycles. The summed E-state index contributed by atoms with van der Waals surface area (Å²) in [6, 6.07) is 12.9. The van der Waals surface area contributed by atoms with Crippen molar-refractivity contribution < 1.29 is 28.2 Å². The molecule has 0 spiro atoms. The van der Waals surface area contributed by atoms with Gasteiger partial charge in [0.15, 0.2) is 8.32 Å². The fourth-order valence-electron chi connectivity index (χ4n) is 5.43. The van der Waals surface area contributed by atoms with Crippen LogP contribution in [0.3, 0.4) is 0 Å². The van der Waals surface area contributed by atoms with Crippen molar-refractivity contribution in [1.82, 2.24) is 14.9 Å². The van der Waals surface area contributed by atoms with E-state index in [1.54, 1.807) is 48.5 Å². The van der Waals surface area contributed by atoms with E-state index in [1.807, 2.05) is 47.6 Å². The lowest BCUT2D eigenvalue weighted by Gasteiger charge is -2.39. The number of carbonyl (C=O) groups is 2. The molecule has 1 N–H and O–H groups in total. The molecule has 0 aliphatic carbocycles. The number of amides is 2. The smallest absolute Gasteiger partial charge is 0.414 e. The number of halogens is 1. The maximum atomic E-state index is 13.6. The van der Waals surface area contributed by atoms with Crippen molar-refractivity contribution in [3.05, 3.63) is 58.7 Å². The van der Waals surface area contributed by atoms with Gasteiger partial charge in [-0.1, -0.05) is 39.3 Å². The molecule has 12 nitrogen and oxygen atoms in total. The first kappa shape index (κ1) is 42.4. The standard InChI is InChI=1S/C40H55ClN6O6Si/c1-37(2,3)52-35(48)46(11)18-19-50-32-15-14-28(41)22-31(32)45-34-43-17-16-30(44-34)26-20-27(23-42)33-29(21-26)40(10,25-51-54(12,13)39(7,8)9)24-47(33)36(49)53-38(4,5)6/h14-17,20-22H,18-19,24-25H2,1-13H3,(H,43,44,45). The van der Waals surface area contributed by atoms with Crippen molar-refractivity contribution in [2.75, 3.05) is 43.6 Å². The van der Waals surface area contributed by atoms with E-state index in [2.05, 4.69) is 57.2 Å². The third-order valence-corrected chi connectivity index (χ3v) is 14.1. The number of nitriles is 1. The monoisotopic (exact) mass is 778 g/mol. The molecule has 0 radical (unpaired) electrons. The van der Waals surface area contributed by atoms with Gasteiger partial charge in [0.1, 0.15) is 29.6 Å². The van der Waals surface area contributed by atoms with Crippen molar-refractivity contribution in [3.63, 3.8) is 0 Å². The van der Waals surface area contributed by atoms with Gasteiger partial charge in [0, 0.05) is 42.4 Å². The fourth-order valence-corrected chi connectivity index (χ4v) is 6.72. The minimum absolute atomic E-state index is 0.0238. The molecule has 0 fully saturated rings. The van der Waals surface area contributed by atoms with Crippen LogP contribution in [0.4, 0.5) is 26.9 Å². The summed E-state index contributed by atoms with van der Waals surface area (Å²) < 4.78 is 24.0. The SMILES string of the molecule is CN(CCOc1ccc(Cl)cc1Nc1nccc(-c2cc(C#N)c3c(c2)C(C)(CO[Si](C)(C)C(C)(C)C)CN3C(=O)OC(C)(C)C)n1)C(=O)OC(C)(C)C. The van der Waals surface area contributed by atoms with Gasteiger partial charge >= 0.3 is 12.2 Å². The molecule has 14 heteroatoms. The number of anilines is 3. The van der Waals surface area contributed by atoms with Crippen LogP contribution in [-0.4, -0.2) is 79.9 Å². The fraction of sp³-hybridized carbons (Fsp3) is 0.525. The first-order valence-corrected chi connectivity index (χ1v) is 21.3. The molecule has 0 bridgehead atoms. The maximum Gasteiger partial charge on any atom is 0.414 e. The van der Waals surface area contributed by atoms with Gasteiger partial charge in [0.25, 0.3) is 0 Å². The Morgan fingerprint density at radius 1 is 1.04 bits per heavy atom. The quantitative estimate of drug-likeness (QED) is 0.198. The molecule has 4 rings (SSSR count). The number of ether oxygens (including phenoxy) is 3. The summed E-state index contributed by atoms with van der Waals surface area (Å²) in [4.78, 5) is 38.3. The minimum atomic E-state index is -2.18. The van der Waals surface area contributed by atoms with E-state index in [1.165, 1.54) is 4.90 Å². The van der Waals surface area contributed by atoms with Crippen molar-refractivity contribution >= 4 is 49.4 Å². The first-order chi connectivity index (χ1) is 24.8. The summed E-state index contributed by atoms with van der Waals surface area (Å²) in [5, 5.41) is 14.1. The normalized spacial score (nSPS) is 16.0. The molecule has 1 aliphatic heterocycles. The van der Waals surface area contributed by atoms with E-state index in [-0.39, 0.29) is 30.7 Å². The molecule has 0 saturated heterocycles. The summed E-state index contributed by atoms with van der Waals surface area (Å²) in [5.41, 5.74) is 1.40. The van der Waals surface area contributed by atoms with E-state index in [0.29, 0.717) is 45.6 Å². The van der Waals surface area contributed by atoms with Crippen LogP contribution >= 0.6 is 11.6 Å². The third kappa shape index (κ3) is 10.4. The first-order valence-electron chi connectivity index (χ1n) is 18.0. The molecule has 1 aliphatic rings. The summed E-state index contributed by atoms with van der Waals surface area (Å²) >= 11 is 6.38. The number of fused-ring (bicyclic) bond motifs is 1. The number of aromatic nitrogens is 2. The lowest BCUT2D eigenvalue weighted by Crippen LogP contribution is -2.46. The Bertz CT molecular complexity index is 1910. The second kappa shape index (κ2) is 15.8. The second-order valence-corrected chi connectivity index (χ2v) is 22.7. The lowest BCUT2D eigenvalue weighted by atomic mass is 9.83. The number of benzene rings is 2. The van der Waals surface area contributed by atoms with Gasteiger partial charge in [-0.15, -0.1) is 0 Å². The molecule has 1 aromatic heterocycles. The largest absolute Gasteiger partial charge is 0.490 e. The number of nitrogens with zero attached hydrogens (tertiary/aromatic N) is 5. The second-order valence-electron chi connectivity index (χ2n) is 17.5. The summed E-state index contributed by atoms with van der Waals surface area (Å²) in [5.74, 6) is 0.749. The minimum Gasteiger partial charge on any atom is -0.490 e. The highest BCUT2D eigenvalue weighted by molar-refractivity contribution is 6.74. The van der Waals surface area contributed by atoms with Crippen LogP contribution in [-0.2, 0) is 19.3 Å². The van der Waals surface area contributed by atoms with E-state index < -0.39 is 37.1 Å². The molecule has 0 saturated carbocycles. The van der Waals surface area contributed by atoms with Crippen LogP contribution in [0.1, 0.15) is 80.4 Å². The molecule has 1 atom stereocenters. The topological polar surface area (TPSA) is 139 Å². The molecule has 3 aromatic rings. The number of rotatable bonds is 10. The highest BCUT2D eigenvalue weighted by Crippen LogP contribution is 2.47. The molecule has 2 aromatic carbocycles. The third-order valence-electron chi connectivity index (χ3n) is 9.36. The summed E-state index contributed by atoms with van der Waals surface area (Å²) in [7, 11) is -0.534. The van der Waals surface area contributed by atoms with Crippen LogP contribution in [0.15, 0.2) is 42.6 Å². The van der Waals surface area contributed by atoms with E-state index in [4.69, 9.17) is 35.2 Å². The van der Waals surface area contributed by atoms with Gasteiger partial charge in [-0.25, -0.2) is 19.6 Å². The molecule has 2 amide bonds. The summed E-state index contributed by atoms with van der Waals surface area (Å²) in [6.07, 6.45) is 0.656. The molecule has 292 valence electrons. The number of hydrogen-bond acceptors (Lipinski definition) is 10. The molecule has 1 unspecified atom stereocenters. The van der Waals surface area contributed by atoms with Gasteiger partial charge in [-0.3, -0.25) is 4.90 Å².